The van der Waals surface area contributed by atoms with Crippen LogP contribution in [0.2, 0.25) is 0 Å². The molecule has 0 aromatic heterocycles. The van der Waals surface area contributed by atoms with Gasteiger partial charge < -0.3 is 19.9 Å². The molecule has 2 heterocycles. The zero-order chi connectivity index (χ0) is 19.3. The first-order valence-electron chi connectivity index (χ1n) is 10.2. The number of nitrogens with one attached hydrogen (secondary N) is 1. The average Bonchev–Trinajstić information content (AvgIpc) is 3.23. The number of anilines is 1. The lowest BCUT2D eigenvalue weighted by atomic mass is 10.0. The van der Waals surface area contributed by atoms with Gasteiger partial charge in [0.05, 0.1) is 7.11 Å². The molecule has 0 saturated carbocycles. The quantitative estimate of drug-likeness (QED) is 0.390. The van der Waals surface area contributed by atoms with Crippen LogP contribution >= 0.6 is 24.0 Å². The maximum absolute atomic E-state index is 5.37. The fourth-order valence-corrected chi connectivity index (χ4v) is 4.29. The van der Waals surface area contributed by atoms with Crippen LogP contribution in [0.1, 0.15) is 17.5 Å². The van der Waals surface area contributed by atoms with E-state index in [4.69, 9.17) is 4.74 Å². The van der Waals surface area contributed by atoms with Crippen molar-refractivity contribution >= 4 is 35.6 Å². The maximum atomic E-state index is 5.37. The fraction of sp³-hybridized carbons (Fsp3) is 0.435. The number of guanidine groups is 1. The van der Waals surface area contributed by atoms with Crippen LogP contribution in [0.25, 0.3) is 0 Å². The minimum atomic E-state index is 0. The summed E-state index contributed by atoms with van der Waals surface area (Å²) in [5.74, 6) is 2.57. The van der Waals surface area contributed by atoms with Gasteiger partial charge in [-0.25, -0.2) is 0 Å². The van der Waals surface area contributed by atoms with Gasteiger partial charge in [0.1, 0.15) is 5.75 Å². The first kappa shape index (κ1) is 21.7. The number of hydrogen-bond donors (Lipinski definition) is 1. The Balaban J connectivity index is 0.00000240. The molecule has 1 unspecified atom stereocenters. The van der Waals surface area contributed by atoms with Gasteiger partial charge in [-0.1, -0.05) is 30.3 Å². The number of methoxy groups -OCH3 is 1. The van der Waals surface area contributed by atoms with E-state index in [-0.39, 0.29) is 24.0 Å². The van der Waals surface area contributed by atoms with Crippen LogP contribution in [0.15, 0.2) is 53.5 Å². The van der Waals surface area contributed by atoms with Crippen molar-refractivity contribution in [2.75, 3.05) is 45.2 Å². The molecule has 5 nitrogen and oxygen atoms in total. The predicted octanol–water partition coefficient (Wildman–Crippen LogP) is 3.77. The molecule has 2 aliphatic heterocycles. The Bertz CT molecular complexity index is 841. The molecule has 4 rings (SSSR count). The number of hydrogen-bond acceptors (Lipinski definition) is 3. The maximum Gasteiger partial charge on any atom is 0.193 e. The van der Waals surface area contributed by atoms with Crippen molar-refractivity contribution in [3.05, 3.63) is 59.7 Å². The number of nitrogens with zero attached hydrogens (tertiary/aromatic N) is 3. The molecule has 2 aliphatic rings. The average molecular weight is 506 g/mol. The van der Waals surface area contributed by atoms with E-state index in [0.29, 0.717) is 5.92 Å². The molecule has 1 fully saturated rings. The Morgan fingerprint density at radius 3 is 2.76 bits per heavy atom. The van der Waals surface area contributed by atoms with E-state index in [1.807, 2.05) is 13.1 Å². The third kappa shape index (κ3) is 5.15. The third-order valence-corrected chi connectivity index (χ3v) is 5.90. The summed E-state index contributed by atoms with van der Waals surface area (Å²) in [6, 6.07) is 17.1. The number of rotatable bonds is 4. The molecule has 2 aromatic carbocycles. The summed E-state index contributed by atoms with van der Waals surface area (Å²) in [6.07, 6.45) is 2.29. The van der Waals surface area contributed by atoms with Crippen LogP contribution in [0, 0.1) is 5.92 Å². The number of halogens is 1. The molecule has 0 spiro atoms. The Morgan fingerprint density at radius 2 is 1.97 bits per heavy atom. The Morgan fingerprint density at radius 1 is 1.14 bits per heavy atom. The summed E-state index contributed by atoms with van der Waals surface area (Å²) in [5.41, 5.74) is 4.14. The topological polar surface area (TPSA) is 40.1 Å². The second kappa shape index (κ2) is 10.2. The molecule has 2 aromatic rings. The van der Waals surface area contributed by atoms with Gasteiger partial charge in [-0.05, 0) is 42.0 Å². The summed E-state index contributed by atoms with van der Waals surface area (Å²) >= 11 is 0. The molecular formula is C23H31IN4O. The van der Waals surface area contributed by atoms with Crippen LogP contribution in [0.5, 0.6) is 5.75 Å². The molecular weight excluding hydrogens is 475 g/mol. The Hall–Kier alpha value is -1.96. The number of fused-ring (bicyclic) bond motifs is 1. The van der Waals surface area contributed by atoms with E-state index in [2.05, 4.69) is 62.6 Å². The zero-order valence-corrected chi connectivity index (χ0v) is 19.6. The highest BCUT2D eigenvalue weighted by molar-refractivity contribution is 14.0. The lowest BCUT2D eigenvalue weighted by Gasteiger charge is -2.32. The fourth-order valence-electron chi connectivity index (χ4n) is 4.29. The third-order valence-electron chi connectivity index (χ3n) is 5.90. The van der Waals surface area contributed by atoms with Crippen molar-refractivity contribution < 1.29 is 4.74 Å². The molecule has 0 radical (unpaired) electrons. The monoisotopic (exact) mass is 506 g/mol. The first-order valence-corrected chi connectivity index (χ1v) is 10.2. The number of aliphatic imine (C=N–C) groups is 1. The molecule has 1 N–H and O–H groups in total. The summed E-state index contributed by atoms with van der Waals surface area (Å²) in [7, 11) is 3.61. The molecule has 29 heavy (non-hydrogen) atoms. The van der Waals surface area contributed by atoms with E-state index in [1.165, 1.54) is 23.2 Å². The van der Waals surface area contributed by atoms with Gasteiger partial charge in [0.15, 0.2) is 5.96 Å². The van der Waals surface area contributed by atoms with Crippen molar-refractivity contribution in [3.8, 4) is 5.75 Å². The van der Waals surface area contributed by atoms with Gasteiger partial charge in [-0.15, -0.1) is 24.0 Å². The van der Waals surface area contributed by atoms with Crippen LogP contribution in [-0.2, 0) is 13.0 Å². The van der Waals surface area contributed by atoms with Crippen LogP contribution < -0.4 is 15.0 Å². The molecule has 6 heteroatoms. The molecule has 0 amide bonds. The lowest BCUT2D eigenvalue weighted by Crippen LogP contribution is -2.45. The van der Waals surface area contributed by atoms with Gasteiger partial charge in [-0.3, -0.25) is 4.99 Å². The van der Waals surface area contributed by atoms with E-state index in [0.717, 1.165) is 50.9 Å². The highest BCUT2D eigenvalue weighted by atomic mass is 127. The van der Waals surface area contributed by atoms with Crippen LogP contribution in [0.4, 0.5) is 5.69 Å². The van der Waals surface area contributed by atoms with Crippen molar-refractivity contribution in [1.82, 2.24) is 10.2 Å². The second-order valence-electron chi connectivity index (χ2n) is 7.67. The Kier molecular flexibility index (Phi) is 7.64. The van der Waals surface area contributed by atoms with Crippen molar-refractivity contribution in [2.45, 2.75) is 19.4 Å². The van der Waals surface area contributed by atoms with Gasteiger partial charge in [0.2, 0.25) is 0 Å². The van der Waals surface area contributed by atoms with Crippen molar-refractivity contribution in [2.24, 2.45) is 10.9 Å². The number of ether oxygens (including phenoxy) is 1. The first-order chi connectivity index (χ1) is 13.8. The van der Waals surface area contributed by atoms with E-state index >= 15 is 0 Å². The largest absolute Gasteiger partial charge is 0.497 e. The van der Waals surface area contributed by atoms with Gasteiger partial charge in [0, 0.05) is 51.5 Å². The van der Waals surface area contributed by atoms with Crippen LogP contribution in [-0.4, -0.2) is 51.2 Å². The summed E-state index contributed by atoms with van der Waals surface area (Å²) in [5, 5.41) is 3.63. The minimum absolute atomic E-state index is 0. The van der Waals surface area contributed by atoms with Crippen molar-refractivity contribution in [1.29, 1.82) is 0 Å². The van der Waals surface area contributed by atoms with Crippen LogP contribution in [0.3, 0.4) is 0 Å². The lowest BCUT2D eigenvalue weighted by molar-refractivity contribution is 0.374. The standard InChI is InChI=1S/C23H30N4O.HI/c1-24-23(27-13-11-19-6-3-4-7-20(19)17-27)25-15-18-10-12-26(16-18)21-8-5-9-22(14-21)28-2;/h3-9,14,18H,10-13,15-17H2,1-2H3,(H,24,25);1H. The molecule has 0 bridgehead atoms. The summed E-state index contributed by atoms with van der Waals surface area (Å²) in [4.78, 5) is 9.37. The highest BCUT2D eigenvalue weighted by Gasteiger charge is 2.24. The zero-order valence-electron chi connectivity index (χ0n) is 17.3. The molecule has 0 aliphatic carbocycles. The molecule has 1 saturated heterocycles. The van der Waals surface area contributed by atoms with Crippen molar-refractivity contribution in [3.63, 3.8) is 0 Å². The molecule has 156 valence electrons. The Labute approximate surface area is 191 Å². The predicted molar refractivity (Wildman–Crippen MR) is 131 cm³/mol. The smallest absolute Gasteiger partial charge is 0.193 e. The van der Waals surface area contributed by atoms with Gasteiger partial charge in [0.25, 0.3) is 0 Å². The van der Waals surface area contributed by atoms with E-state index < -0.39 is 0 Å². The van der Waals surface area contributed by atoms with Gasteiger partial charge >= 0.3 is 0 Å². The SMILES string of the molecule is CN=C(NCC1CCN(c2cccc(OC)c2)C1)N1CCc2ccccc2C1.I. The summed E-state index contributed by atoms with van der Waals surface area (Å²) in [6.45, 7) is 5.09. The van der Waals surface area contributed by atoms with Gasteiger partial charge in [-0.2, -0.15) is 0 Å². The van der Waals surface area contributed by atoms with E-state index in [9.17, 15) is 0 Å². The normalized spacial score (nSPS) is 18.8. The summed E-state index contributed by atoms with van der Waals surface area (Å²) < 4.78 is 5.37. The highest BCUT2D eigenvalue weighted by Crippen LogP contribution is 2.26. The van der Waals surface area contributed by atoms with E-state index in [1.54, 1.807) is 7.11 Å². The second-order valence-corrected chi connectivity index (χ2v) is 7.67. The number of benzene rings is 2. The minimum Gasteiger partial charge on any atom is -0.497 e. The molecule has 1 atom stereocenters.